The predicted octanol–water partition coefficient (Wildman–Crippen LogP) is 6.17. The molecule has 1 N–H and O–H groups in total. The van der Waals surface area contributed by atoms with Gasteiger partial charge in [0.25, 0.3) is 5.88 Å². The third-order valence-electron chi connectivity index (χ3n) is 5.64. The standard InChI is InChI=1S/C23H41N3O2/c1-3-4-5-6-7-8-9-10-11-12-13-14-15-19-28-22-21(27)20(2)24-23(25-22)26-17-16-18-26/h27H,3-19H2,1-2H3. The molecule has 1 saturated heterocycles. The van der Waals surface area contributed by atoms with Gasteiger partial charge in [0.15, 0.2) is 5.75 Å². The first-order valence-electron chi connectivity index (χ1n) is 11.7. The molecule has 1 aromatic rings. The largest absolute Gasteiger partial charge is 0.502 e. The van der Waals surface area contributed by atoms with Crippen molar-refractivity contribution in [1.82, 2.24) is 9.97 Å². The summed E-state index contributed by atoms with van der Waals surface area (Å²) in [6.07, 6.45) is 18.5. The van der Waals surface area contributed by atoms with Crippen molar-refractivity contribution in [2.75, 3.05) is 24.6 Å². The van der Waals surface area contributed by atoms with E-state index in [9.17, 15) is 5.11 Å². The summed E-state index contributed by atoms with van der Waals surface area (Å²) in [5.41, 5.74) is 0.595. The monoisotopic (exact) mass is 391 g/mol. The van der Waals surface area contributed by atoms with E-state index in [1.54, 1.807) is 6.92 Å². The Bertz CT molecular complexity index is 547. The lowest BCUT2D eigenvalue weighted by Gasteiger charge is -2.31. The number of ether oxygens (including phenoxy) is 1. The molecule has 0 saturated carbocycles. The van der Waals surface area contributed by atoms with Crippen molar-refractivity contribution in [1.29, 1.82) is 0 Å². The molecule has 28 heavy (non-hydrogen) atoms. The average molecular weight is 392 g/mol. The molecule has 1 aliphatic rings. The van der Waals surface area contributed by atoms with Crippen molar-refractivity contribution in [3.63, 3.8) is 0 Å². The number of hydrogen-bond donors (Lipinski definition) is 1. The molecule has 2 heterocycles. The van der Waals surface area contributed by atoms with Gasteiger partial charge in [0.05, 0.1) is 12.3 Å². The molecule has 2 rings (SSSR count). The van der Waals surface area contributed by atoms with Crippen LogP contribution in [0.3, 0.4) is 0 Å². The van der Waals surface area contributed by atoms with E-state index in [0.29, 0.717) is 24.1 Å². The van der Waals surface area contributed by atoms with Gasteiger partial charge in [0.1, 0.15) is 0 Å². The van der Waals surface area contributed by atoms with E-state index in [4.69, 9.17) is 4.74 Å². The quantitative estimate of drug-likeness (QED) is 0.341. The maximum absolute atomic E-state index is 10.1. The second kappa shape index (κ2) is 13.6. The van der Waals surface area contributed by atoms with E-state index >= 15 is 0 Å². The molecule has 0 bridgehead atoms. The Hall–Kier alpha value is -1.52. The fourth-order valence-corrected chi connectivity index (χ4v) is 3.57. The predicted molar refractivity (Wildman–Crippen MR) is 116 cm³/mol. The summed E-state index contributed by atoms with van der Waals surface area (Å²) in [7, 11) is 0. The molecule has 0 radical (unpaired) electrons. The van der Waals surface area contributed by atoms with E-state index in [1.165, 1.54) is 83.5 Å². The molecular formula is C23H41N3O2. The number of anilines is 1. The van der Waals surface area contributed by atoms with Crippen molar-refractivity contribution < 1.29 is 9.84 Å². The van der Waals surface area contributed by atoms with Crippen LogP contribution in [0.4, 0.5) is 5.95 Å². The third kappa shape index (κ3) is 8.24. The summed E-state index contributed by atoms with van der Waals surface area (Å²) in [6.45, 7) is 6.67. The number of unbranched alkanes of at least 4 members (excludes halogenated alkanes) is 12. The minimum atomic E-state index is 0.0824. The van der Waals surface area contributed by atoms with Crippen LogP contribution in [0.15, 0.2) is 0 Å². The number of aromatic hydroxyl groups is 1. The van der Waals surface area contributed by atoms with Gasteiger partial charge < -0.3 is 14.7 Å². The van der Waals surface area contributed by atoms with Gasteiger partial charge in [-0.25, -0.2) is 4.98 Å². The molecule has 0 amide bonds. The molecule has 5 heteroatoms. The van der Waals surface area contributed by atoms with E-state index < -0.39 is 0 Å². The van der Waals surface area contributed by atoms with Crippen molar-refractivity contribution in [2.45, 2.75) is 104 Å². The molecular weight excluding hydrogens is 350 g/mol. The SMILES string of the molecule is CCCCCCCCCCCCCCCOc1nc(N2CCC2)nc(C)c1O. The minimum Gasteiger partial charge on any atom is -0.502 e. The summed E-state index contributed by atoms with van der Waals surface area (Å²) in [4.78, 5) is 10.9. The zero-order valence-corrected chi connectivity index (χ0v) is 18.2. The van der Waals surface area contributed by atoms with E-state index in [0.717, 1.165) is 19.5 Å². The van der Waals surface area contributed by atoms with Gasteiger partial charge in [0, 0.05) is 13.1 Å². The molecule has 160 valence electrons. The molecule has 1 aliphatic heterocycles. The van der Waals surface area contributed by atoms with Gasteiger partial charge in [-0.15, -0.1) is 0 Å². The van der Waals surface area contributed by atoms with Crippen LogP contribution >= 0.6 is 0 Å². The van der Waals surface area contributed by atoms with Gasteiger partial charge in [-0.05, 0) is 19.8 Å². The maximum atomic E-state index is 10.1. The van der Waals surface area contributed by atoms with Crippen LogP contribution in [-0.2, 0) is 0 Å². The first-order valence-corrected chi connectivity index (χ1v) is 11.7. The van der Waals surface area contributed by atoms with Gasteiger partial charge >= 0.3 is 0 Å². The lowest BCUT2D eigenvalue weighted by atomic mass is 10.0. The Kier molecular flexibility index (Phi) is 11.1. The van der Waals surface area contributed by atoms with Gasteiger partial charge in [-0.1, -0.05) is 84.0 Å². The van der Waals surface area contributed by atoms with Crippen LogP contribution < -0.4 is 9.64 Å². The molecule has 0 aliphatic carbocycles. The molecule has 5 nitrogen and oxygen atoms in total. The highest BCUT2D eigenvalue weighted by molar-refractivity contribution is 5.44. The number of aromatic nitrogens is 2. The summed E-state index contributed by atoms with van der Waals surface area (Å²) in [5.74, 6) is 1.11. The second-order valence-electron chi connectivity index (χ2n) is 8.19. The zero-order valence-electron chi connectivity index (χ0n) is 18.2. The van der Waals surface area contributed by atoms with Crippen LogP contribution in [0.5, 0.6) is 11.6 Å². The molecule has 0 unspecified atom stereocenters. The van der Waals surface area contributed by atoms with Crippen molar-refractivity contribution in [3.8, 4) is 11.6 Å². The highest BCUT2D eigenvalue weighted by Gasteiger charge is 2.20. The van der Waals surface area contributed by atoms with E-state index in [2.05, 4.69) is 21.8 Å². The van der Waals surface area contributed by atoms with Crippen LogP contribution in [0, 0.1) is 6.92 Å². The Labute approximate surface area is 171 Å². The molecule has 0 aromatic carbocycles. The number of hydrogen-bond acceptors (Lipinski definition) is 5. The van der Waals surface area contributed by atoms with E-state index in [-0.39, 0.29) is 5.75 Å². The minimum absolute atomic E-state index is 0.0824. The first-order chi connectivity index (χ1) is 13.7. The Morgan fingerprint density at radius 1 is 0.821 bits per heavy atom. The molecule has 0 atom stereocenters. The van der Waals surface area contributed by atoms with E-state index in [1.807, 2.05) is 0 Å². The van der Waals surface area contributed by atoms with Gasteiger partial charge in [0.2, 0.25) is 5.95 Å². The topological polar surface area (TPSA) is 58.5 Å². The lowest BCUT2D eigenvalue weighted by molar-refractivity contribution is 0.275. The van der Waals surface area contributed by atoms with Crippen molar-refractivity contribution in [2.24, 2.45) is 0 Å². The number of aryl methyl sites for hydroxylation is 1. The highest BCUT2D eigenvalue weighted by atomic mass is 16.5. The Morgan fingerprint density at radius 2 is 1.36 bits per heavy atom. The van der Waals surface area contributed by atoms with Crippen LogP contribution in [0.2, 0.25) is 0 Å². The maximum Gasteiger partial charge on any atom is 0.262 e. The number of nitrogens with zero attached hydrogens (tertiary/aromatic N) is 3. The summed E-state index contributed by atoms with van der Waals surface area (Å²) < 4.78 is 5.75. The fourth-order valence-electron chi connectivity index (χ4n) is 3.57. The van der Waals surface area contributed by atoms with Crippen LogP contribution in [0.1, 0.15) is 103 Å². The normalized spacial score (nSPS) is 13.6. The Balaban J connectivity index is 1.47. The molecule has 1 aromatic heterocycles. The van der Waals surface area contributed by atoms with Gasteiger partial charge in [-0.3, -0.25) is 0 Å². The smallest absolute Gasteiger partial charge is 0.262 e. The second-order valence-corrected chi connectivity index (χ2v) is 8.19. The Morgan fingerprint density at radius 3 is 1.86 bits per heavy atom. The molecule has 1 fully saturated rings. The van der Waals surface area contributed by atoms with Crippen LogP contribution in [0.25, 0.3) is 0 Å². The average Bonchev–Trinajstić information content (AvgIpc) is 2.64. The highest BCUT2D eigenvalue weighted by Crippen LogP contribution is 2.30. The van der Waals surface area contributed by atoms with Crippen LogP contribution in [-0.4, -0.2) is 34.8 Å². The summed E-state index contributed by atoms with van der Waals surface area (Å²) in [6, 6.07) is 0. The van der Waals surface area contributed by atoms with Crippen molar-refractivity contribution >= 4 is 5.95 Å². The summed E-state index contributed by atoms with van der Waals surface area (Å²) >= 11 is 0. The lowest BCUT2D eigenvalue weighted by Crippen LogP contribution is -2.38. The number of rotatable bonds is 16. The fraction of sp³-hybridized carbons (Fsp3) is 0.826. The van der Waals surface area contributed by atoms with Gasteiger partial charge in [-0.2, -0.15) is 4.98 Å². The zero-order chi connectivity index (χ0) is 20.0. The van der Waals surface area contributed by atoms with Crippen molar-refractivity contribution in [3.05, 3.63) is 5.69 Å². The third-order valence-corrected chi connectivity index (χ3v) is 5.64. The first kappa shape index (κ1) is 22.8. The molecule has 0 spiro atoms. The summed E-state index contributed by atoms with van der Waals surface area (Å²) in [5, 5.41) is 10.1.